The number of aliphatic hydroxyl groups is 2. The number of fused-ring (bicyclic) bond motifs is 3. The van der Waals surface area contributed by atoms with Crippen molar-refractivity contribution in [1.29, 1.82) is 0 Å². The Labute approximate surface area is 351 Å². The Balaban J connectivity index is 0.000000146. The van der Waals surface area contributed by atoms with Crippen molar-refractivity contribution in [3.8, 4) is 0 Å². The number of nitrogens with two attached hydrogens (primary N) is 1. The third kappa shape index (κ3) is 10.1. The molecule has 0 saturated carbocycles. The van der Waals surface area contributed by atoms with Crippen molar-refractivity contribution >= 4 is 62.1 Å². The van der Waals surface area contributed by atoms with Crippen molar-refractivity contribution in [3.05, 3.63) is 67.1 Å². The monoisotopic (exact) mass is 804 g/mol. The van der Waals surface area contributed by atoms with E-state index in [2.05, 4.69) is 73.3 Å². The Kier molecular flexibility index (Phi) is 15.7. The maximum Gasteiger partial charge on any atom is 1.00 e. The fraction of sp³-hybridized carbons (Fsp3) is 0.514. The molecule has 9 heterocycles. The summed E-state index contributed by atoms with van der Waals surface area (Å²) in [6.45, 7) is 8.56. The van der Waals surface area contributed by atoms with Gasteiger partial charge in [-0.05, 0) is 55.3 Å². The molecular formula is C37H47Cl2N10NaO5. The van der Waals surface area contributed by atoms with E-state index in [-0.39, 0.29) is 54.2 Å². The maximum atomic E-state index is 9.73. The molecule has 6 aromatic heterocycles. The van der Waals surface area contributed by atoms with Gasteiger partial charge in [-0.3, -0.25) is 0 Å². The number of halogens is 2. The van der Waals surface area contributed by atoms with E-state index in [9.17, 15) is 5.11 Å². The van der Waals surface area contributed by atoms with Gasteiger partial charge in [0.1, 0.15) is 59.0 Å². The second-order valence-electron chi connectivity index (χ2n) is 13.7. The van der Waals surface area contributed by atoms with Crippen LogP contribution in [0.2, 0.25) is 5.15 Å². The van der Waals surface area contributed by atoms with Crippen LogP contribution in [0.3, 0.4) is 0 Å². The van der Waals surface area contributed by atoms with Crippen LogP contribution in [0.15, 0.2) is 62.0 Å². The first-order valence-electron chi connectivity index (χ1n) is 18.2. The van der Waals surface area contributed by atoms with Gasteiger partial charge >= 0.3 is 29.6 Å². The Bertz CT molecular complexity index is 2100. The maximum absolute atomic E-state index is 9.73. The number of ether oxygens (including phenoxy) is 3. The van der Waals surface area contributed by atoms with E-state index in [1.54, 1.807) is 29.4 Å². The first kappa shape index (κ1) is 43.2. The van der Waals surface area contributed by atoms with Gasteiger partial charge in [0.15, 0.2) is 0 Å². The normalized spacial score (nSPS) is 27.2. The predicted octanol–water partition coefficient (Wildman–Crippen LogP) is 3.05. The minimum absolute atomic E-state index is 0. The molecule has 3 unspecified atom stereocenters. The molecule has 18 heteroatoms. The van der Waals surface area contributed by atoms with E-state index in [1.165, 1.54) is 12.7 Å². The molecule has 3 saturated heterocycles. The number of alkyl halides is 1. The molecule has 3 aliphatic rings. The van der Waals surface area contributed by atoms with E-state index in [0.717, 1.165) is 47.5 Å². The van der Waals surface area contributed by atoms with Gasteiger partial charge in [0.05, 0.1) is 30.3 Å². The van der Waals surface area contributed by atoms with Gasteiger partial charge in [0, 0.05) is 42.1 Å². The van der Waals surface area contributed by atoms with Crippen molar-refractivity contribution in [2.75, 3.05) is 12.3 Å². The van der Waals surface area contributed by atoms with Crippen LogP contribution in [0.25, 0.3) is 33.1 Å². The second-order valence-corrected chi connectivity index (χ2v) is 14.5. The molecule has 0 amide bonds. The Hall–Kier alpha value is -2.96. The second kappa shape index (κ2) is 19.9. The average molecular weight is 806 g/mol. The molecule has 0 bridgehead atoms. The van der Waals surface area contributed by atoms with Gasteiger partial charge in [-0.1, -0.05) is 63.2 Å². The number of nitrogens with zero attached hydrogens (tertiary/aromatic N) is 9. The number of anilines is 1. The van der Waals surface area contributed by atoms with Crippen LogP contribution in [0.4, 0.5) is 5.82 Å². The molecule has 0 radical (unpaired) electrons. The van der Waals surface area contributed by atoms with Crippen molar-refractivity contribution in [3.63, 3.8) is 0 Å². The van der Waals surface area contributed by atoms with Gasteiger partial charge in [-0.15, -0.1) is 0 Å². The topological polar surface area (TPSA) is 195 Å². The fourth-order valence-corrected chi connectivity index (χ4v) is 7.66. The standard InChI is InChI=1S/C13H17N3O.C11H14N4O3.C7H13ClO.C6H3ClN3.Na/c1-3-11-9(2)6-12(17-11)16-5-4-10-7-14-8-15-13(10)16;12-10-6-1-2-15(11(6)14-5-13-10)9-3-7(17)8(4-16)18-9;1-3-6-5(2)4-7(8)9-6;7-5-4-1-2-8-6(4)10-3-9-5;/h4-5,7-9,11-12H,3,6H2,1-2H3;1-2,5,7-9,16-17H,3-4H2,(H2,12,13,14);5-7H,3-4H2,1-2H3;1-3H;/q;;;-1;+1/t9?,11-,12-;7?,8-,9-;5?,6-,7+;;/m000../s1. The Morgan fingerprint density at radius 3 is 2.13 bits per heavy atom. The molecule has 3 fully saturated rings. The summed E-state index contributed by atoms with van der Waals surface area (Å²) < 4.78 is 21.0. The molecule has 3 aliphatic heterocycles. The van der Waals surface area contributed by atoms with Crippen LogP contribution >= 0.6 is 23.2 Å². The molecular weight excluding hydrogens is 758 g/mol. The summed E-state index contributed by atoms with van der Waals surface area (Å²) >= 11 is 11.5. The average Bonchev–Trinajstić information content (AvgIpc) is 4.03. The zero-order valence-electron chi connectivity index (χ0n) is 31.7. The summed E-state index contributed by atoms with van der Waals surface area (Å²) in [6, 6.07) is 5.65. The largest absolute Gasteiger partial charge is 1.00 e. The molecule has 9 atom stereocenters. The van der Waals surface area contributed by atoms with Gasteiger partial charge in [0.2, 0.25) is 0 Å². The summed E-state index contributed by atoms with van der Waals surface area (Å²) in [5.74, 6) is 1.68. The van der Waals surface area contributed by atoms with Crippen molar-refractivity contribution in [2.24, 2.45) is 11.8 Å². The van der Waals surface area contributed by atoms with Gasteiger partial charge in [-0.25, -0.2) is 24.9 Å². The molecule has 0 aromatic carbocycles. The molecule has 0 spiro atoms. The van der Waals surface area contributed by atoms with E-state index in [0.29, 0.717) is 52.7 Å². The third-order valence-corrected chi connectivity index (χ3v) is 10.6. The third-order valence-electron chi connectivity index (χ3n) is 10.0. The number of aromatic nitrogens is 9. The summed E-state index contributed by atoms with van der Waals surface area (Å²) in [7, 11) is 0. The predicted molar refractivity (Wildman–Crippen MR) is 206 cm³/mol. The van der Waals surface area contributed by atoms with E-state index in [1.807, 2.05) is 18.3 Å². The molecule has 6 aromatic rings. The van der Waals surface area contributed by atoms with Crippen LogP contribution in [-0.2, 0) is 14.2 Å². The zero-order valence-corrected chi connectivity index (χ0v) is 35.2. The fourth-order valence-electron chi connectivity index (χ4n) is 7.06. The van der Waals surface area contributed by atoms with Crippen molar-refractivity contribution in [2.45, 2.75) is 102 Å². The minimum atomic E-state index is -0.670. The molecule has 9 rings (SSSR count). The van der Waals surface area contributed by atoms with Crippen LogP contribution in [-0.4, -0.2) is 85.8 Å². The molecule has 290 valence electrons. The zero-order chi connectivity index (χ0) is 38.4. The van der Waals surface area contributed by atoms with E-state index in [4.69, 9.17) is 48.3 Å². The molecule has 4 N–H and O–H groups in total. The smallest absolute Gasteiger partial charge is 0.442 e. The van der Waals surface area contributed by atoms with Gasteiger partial charge < -0.3 is 49.3 Å². The van der Waals surface area contributed by atoms with E-state index < -0.39 is 12.2 Å². The van der Waals surface area contributed by atoms with Gasteiger partial charge in [-0.2, -0.15) is 0 Å². The number of hydrogen-bond acceptors (Lipinski definition) is 12. The summed E-state index contributed by atoms with van der Waals surface area (Å²) in [5.41, 5.74) is 8.02. The quantitative estimate of drug-likeness (QED) is 0.131. The summed E-state index contributed by atoms with van der Waals surface area (Å²) in [6.07, 6.45) is 15.7. The first-order chi connectivity index (χ1) is 26.1. The molecule has 55 heavy (non-hydrogen) atoms. The Morgan fingerprint density at radius 1 is 0.818 bits per heavy atom. The summed E-state index contributed by atoms with van der Waals surface area (Å²) in [5, 5.41) is 21.9. The number of rotatable bonds is 5. The SMILES string of the molecule is CC[C@@H]1O[C@@H](Cl)CC1C.CC[C@@H]1O[C@H](n2ccc3cncnc32)CC1C.Clc1ncnc2[n-]ccc12.Nc1ncnc2c1ccn2[C@@H]1CC(O)[C@H](CO)O1.[Na+]. The van der Waals surface area contributed by atoms with Crippen LogP contribution in [0.5, 0.6) is 0 Å². The minimum Gasteiger partial charge on any atom is -0.442 e. The van der Waals surface area contributed by atoms with E-state index >= 15 is 0 Å². The summed E-state index contributed by atoms with van der Waals surface area (Å²) in [4.78, 5) is 28.1. The van der Waals surface area contributed by atoms with Crippen LogP contribution in [0.1, 0.15) is 72.3 Å². The number of hydrogen-bond donors (Lipinski definition) is 3. The van der Waals surface area contributed by atoms with Gasteiger partial charge in [0.25, 0.3) is 0 Å². The van der Waals surface area contributed by atoms with Crippen molar-refractivity contribution < 1.29 is 54.0 Å². The number of aliphatic hydroxyl groups excluding tert-OH is 2. The molecule has 15 nitrogen and oxygen atoms in total. The van der Waals surface area contributed by atoms with Crippen LogP contribution in [0, 0.1) is 11.8 Å². The number of nitrogen functional groups attached to an aromatic ring is 1. The van der Waals surface area contributed by atoms with Crippen LogP contribution < -0.4 is 40.3 Å². The first-order valence-corrected chi connectivity index (χ1v) is 19.0. The Morgan fingerprint density at radius 2 is 1.47 bits per heavy atom. The molecule has 0 aliphatic carbocycles. The van der Waals surface area contributed by atoms with Crippen molar-refractivity contribution in [1.82, 2.24) is 44.0 Å².